The fourth-order valence-corrected chi connectivity index (χ4v) is 2.57. The van der Waals surface area contributed by atoms with Gasteiger partial charge in [-0.25, -0.2) is 0 Å². The molecule has 25 heavy (non-hydrogen) atoms. The minimum atomic E-state index is -0.854. The van der Waals surface area contributed by atoms with Crippen molar-refractivity contribution in [2.24, 2.45) is 0 Å². The maximum atomic E-state index is 12.1. The fraction of sp³-hybridized carbons (Fsp3) is 0.278. The summed E-state index contributed by atoms with van der Waals surface area (Å²) in [7, 11) is 0. The number of carboxylic acids is 1. The van der Waals surface area contributed by atoms with E-state index in [9.17, 15) is 9.59 Å². The van der Waals surface area contributed by atoms with Gasteiger partial charge in [0.05, 0.1) is 11.9 Å². The Morgan fingerprint density at radius 2 is 2.12 bits per heavy atom. The van der Waals surface area contributed by atoms with E-state index in [1.54, 1.807) is 24.4 Å². The SMILES string of the molecule is Cc1ccc(OCc2cccc(C(=O)NCCSCC(=O)O)c2)cn1. The van der Waals surface area contributed by atoms with Crippen molar-refractivity contribution >= 4 is 23.6 Å². The molecule has 132 valence electrons. The van der Waals surface area contributed by atoms with Crippen LogP contribution in [0.3, 0.4) is 0 Å². The molecule has 1 heterocycles. The number of nitrogens with one attached hydrogen (secondary N) is 1. The molecule has 0 unspecified atom stereocenters. The second kappa shape index (κ2) is 9.68. The van der Waals surface area contributed by atoms with Gasteiger partial charge in [0.15, 0.2) is 0 Å². The van der Waals surface area contributed by atoms with E-state index < -0.39 is 5.97 Å². The Kier molecular flexibility index (Phi) is 7.28. The number of amides is 1. The third-order valence-electron chi connectivity index (χ3n) is 3.24. The molecule has 1 aromatic heterocycles. The second-order valence-electron chi connectivity index (χ2n) is 5.33. The number of hydrogen-bond acceptors (Lipinski definition) is 5. The minimum Gasteiger partial charge on any atom is -0.487 e. The first-order valence-electron chi connectivity index (χ1n) is 7.77. The number of carbonyl (C=O) groups excluding carboxylic acids is 1. The van der Waals surface area contributed by atoms with Crippen molar-refractivity contribution in [2.45, 2.75) is 13.5 Å². The van der Waals surface area contributed by atoms with Crippen LogP contribution in [0.25, 0.3) is 0 Å². The number of thioether (sulfide) groups is 1. The topological polar surface area (TPSA) is 88.5 Å². The molecule has 0 aliphatic rings. The molecule has 6 nitrogen and oxygen atoms in total. The average Bonchev–Trinajstić information content (AvgIpc) is 2.61. The highest BCUT2D eigenvalue weighted by atomic mass is 32.2. The number of rotatable bonds is 9. The second-order valence-corrected chi connectivity index (χ2v) is 6.43. The molecule has 2 N–H and O–H groups in total. The first kappa shape index (κ1) is 18.8. The number of hydrogen-bond donors (Lipinski definition) is 2. The smallest absolute Gasteiger partial charge is 0.313 e. The molecule has 0 bridgehead atoms. The number of carbonyl (C=O) groups is 2. The molecular weight excluding hydrogens is 340 g/mol. The van der Waals surface area contributed by atoms with Crippen molar-refractivity contribution in [3.63, 3.8) is 0 Å². The van der Waals surface area contributed by atoms with E-state index in [-0.39, 0.29) is 11.7 Å². The average molecular weight is 360 g/mol. The van der Waals surface area contributed by atoms with Crippen molar-refractivity contribution in [2.75, 3.05) is 18.1 Å². The van der Waals surface area contributed by atoms with Crippen LogP contribution in [0.5, 0.6) is 5.75 Å². The quantitative estimate of drug-likeness (QED) is 0.668. The highest BCUT2D eigenvalue weighted by Crippen LogP contribution is 2.13. The number of pyridine rings is 1. The van der Waals surface area contributed by atoms with Crippen LogP contribution < -0.4 is 10.1 Å². The number of aryl methyl sites for hydroxylation is 1. The van der Waals surface area contributed by atoms with E-state index in [2.05, 4.69) is 10.3 Å². The van der Waals surface area contributed by atoms with Crippen LogP contribution in [0.1, 0.15) is 21.6 Å². The fourth-order valence-electron chi connectivity index (χ4n) is 2.01. The zero-order chi connectivity index (χ0) is 18.1. The minimum absolute atomic E-state index is 0.0383. The molecule has 0 spiro atoms. The van der Waals surface area contributed by atoms with Crippen LogP contribution in [-0.4, -0.2) is 40.0 Å². The zero-order valence-electron chi connectivity index (χ0n) is 13.9. The summed E-state index contributed by atoms with van der Waals surface area (Å²) in [5.74, 6) is 0.233. The molecule has 1 aromatic carbocycles. The van der Waals surface area contributed by atoms with Gasteiger partial charge in [0, 0.05) is 23.6 Å². The van der Waals surface area contributed by atoms with Crippen LogP contribution in [0, 0.1) is 6.92 Å². The molecule has 0 saturated heterocycles. The Balaban J connectivity index is 1.82. The summed E-state index contributed by atoms with van der Waals surface area (Å²) in [6.07, 6.45) is 1.67. The number of aliphatic carboxylic acids is 1. The van der Waals surface area contributed by atoms with E-state index in [4.69, 9.17) is 9.84 Å². The lowest BCUT2D eigenvalue weighted by molar-refractivity contribution is -0.133. The zero-order valence-corrected chi connectivity index (χ0v) is 14.7. The number of aromatic nitrogens is 1. The predicted octanol–water partition coefficient (Wildman–Crippen LogP) is 2.52. The van der Waals surface area contributed by atoms with Crippen LogP contribution in [0.4, 0.5) is 0 Å². The number of benzene rings is 1. The molecule has 0 fully saturated rings. The van der Waals surface area contributed by atoms with Crippen molar-refractivity contribution in [3.8, 4) is 5.75 Å². The molecule has 0 atom stereocenters. The first-order valence-corrected chi connectivity index (χ1v) is 8.92. The summed E-state index contributed by atoms with van der Waals surface area (Å²) in [6.45, 7) is 2.68. The van der Waals surface area contributed by atoms with E-state index in [1.165, 1.54) is 11.8 Å². The Bertz CT molecular complexity index is 719. The van der Waals surface area contributed by atoms with Crippen molar-refractivity contribution in [1.29, 1.82) is 0 Å². The molecule has 0 aliphatic heterocycles. The van der Waals surface area contributed by atoms with Gasteiger partial charge in [-0.3, -0.25) is 14.6 Å². The number of nitrogens with zero attached hydrogens (tertiary/aromatic N) is 1. The first-order chi connectivity index (χ1) is 12.0. The Hall–Kier alpha value is -2.54. The van der Waals surface area contributed by atoms with Gasteiger partial charge in [0.2, 0.25) is 0 Å². The molecule has 1 amide bonds. The monoisotopic (exact) mass is 360 g/mol. The van der Waals surface area contributed by atoms with E-state index in [0.29, 0.717) is 30.2 Å². The maximum absolute atomic E-state index is 12.1. The summed E-state index contributed by atoms with van der Waals surface area (Å²) >= 11 is 1.27. The van der Waals surface area contributed by atoms with Gasteiger partial charge in [-0.2, -0.15) is 0 Å². The normalized spacial score (nSPS) is 10.3. The van der Waals surface area contributed by atoms with E-state index in [0.717, 1.165) is 11.3 Å². The van der Waals surface area contributed by atoms with E-state index in [1.807, 2.05) is 25.1 Å². The Labute approximate surface area is 150 Å². The lowest BCUT2D eigenvalue weighted by Crippen LogP contribution is -2.26. The lowest BCUT2D eigenvalue weighted by Gasteiger charge is -2.08. The summed E-state index contributed by atoms with van der Waals surface area (Å²) in [6, 6.07) is 10.9. The summed E-state index contributed by atoms with van der Waals surface area (Å²) < 4.78 is 5.66. The van der Waals surface area contributed by atoms with Gasteiger partial charge in [-0.15, -0.1) is 11.8 Å². The van der Waals surface area contributed by atoms with Gasteiger partial charge < -0.3 is 15.2 Å². The van der Waals surface area contributed by atoms with Crippen molar-refractivity contribution in [1.82, 2.24) is 10.3 Å². The summed E-state index contributed by atoms with van der Waals surface area (Å²) in [5, 5.41) is 11.3. The Morgan fingerprint density at radius 3 is 2.84 bits per heavy atom. The summed E-state index contributed by atoms with van der Waals surface area (Å²) in [5.41, 5.74) is 2.35. The van der Waals surface area contributed by atoms with Crippen molar-refractivity contribution in [3.05, 3.63) is 59.4 Å². The van der Waals surface area contributed by atoms with Crippen LogP contribution in [0.15, 0.2) is 42.6 Å². The molecule has 2 rings (SSSR count). The van der Waals surface area contributed by atoms with Gasteiger partial charge in [-0.05, 0) is 36.8 Å². The standard InChI is InChI=1S/C18H20N2O4S/c1-13-5-6-16(10-20-13)24-11-14-3-2-4-15(9-14)18(23)19-7-8-25-12-17(21)22/h2-6,9-10H,7-8,11-12H2,1H3,(H,19,23)(H,21,22). The Morgan fingerprint density at radius 1 is 1.28 bits per heavy atom. The molecule has 0 saturated carbocycles. The third-order valence-corrected chi connectivity index (χ3v) is 4.18. The molecule has 2 aromatic rings. The van der Waals surface area contributed by atoms with Crippen LogP contribution >= 0.6 is 11.8 Å². The number of ether oxygens (including phenoxy) is 1. The van der Waals surface area contributed by atoms with Crippen LogP contribution in [0.2, 0.25) is 0 Å². The van der Waals surface area contributed by atoms with Gasteiger partial charge in [-0.1, -0.05) is 12.1 Å². The lowest BCUT2D eigenvalue weighted by atomic mass is 10.1. The third kappa shape index (κ3) is 6.84. The highest BCUT2D eigenvalue weighted by Gasteiger charge is 2.06. The molecule has 7 heteroatoms. The summed E-state index contributed by atoms with van der Waals surface area (Å²) in [4.78, 5) is 26.7. The molecule has 0 aliphatic carbocycles. The van der Waals surface area contributed by atoms with Crippen LogP contribution in [-0.2, 0) is 11.4 Å². The highest BCUT2D eigenvalue weighted by molar-refractivity contribution is 7.99. The van der Waals surface area contributed by atoms with Gasteiger partial charge in [0.25, 0.3) is 5.91 Å². The maximum Gasteiger partial charge on any atom is 0.313 e. The van der Waals surface area contributed by atoms with Crippen molar-refractivity contribution < 1.29 is 19.4 Å². The van der Waals surface area contributed by atoms with Gasteiger partial charge in [0.1, 0.15) is 12.4 Å². The largest absolute Gasteiger partial charge is 0.487 e. The number of carboxylic acid groups (broad SMARTS) is 1. The van der Waals surface area contributed by atoms with E-state index >= 15 is 0 Å². The predicted molar refractivity (Wildman–Crippen MR) is 97.0 cm³/mol. The molecular formula is C18H20N2O4S. The van der Waals surface area contributed by atoms with Gasteiger partial charge >= 0.3 is 5.97 Å². The molecule has 0 radical (unpaired) electrons.